The molecule has 0 fully saturated rings. The highest BCUT2D eigenvalue weighted by molar-refractivity contribution is 9.10. The minimum atomic E-state index is -0.371. The minimum Gasteiger partial charge on any atom is -0.465 e. The quantitative estimate of drug-likeness (QED) is 0.840. The van der Waals surface area contributed by atoms with Gasteiger partial charge in [-0.1, -0.05) is 28.1 Å². The van der Waals surface area contributed by atoms with Crippen LogP contribution < -0.4 is 5.32 Å². The molecular weight excluding hydrogens is 332 g/mol. The molecule has 2 aromatic rings. The first-order chi connectivity index (χ1) is 10.1. The van der Waals surface area contributed by atoms with Gasteiger partial charge in [-0.05, 0) is 36.8 Å². The molecule has 0 radical (unpaired) electrons. The second kappa shape index (κ2) is 7.33. The summed E-state index contributed by atoms with van der Waals surface area (Å²) < 4.78 is 5.71. The zero-order valence-electron chi connectivity index (χ0n) is 12.0. The molecule has 2 rings (SSSR count). The van der Waals surface area contributed by atoms with Gasteiger partial charge < -0.3 is 10.1 Å². The summed E-state index contributed by atoms with van der Waals surface area (Å²) in [5.41, 5.74) is 2.54. The van der Waals surface area contributed by atoms with Crippen LogP contribution >= 0.6 is 15.9 Å². The highest BCUT2D eigenvalue weighted by Gasteiger charge is 2.08. The first-order valence-corrected chi connectivity index (χ1v) is 7.41. The van der Waals surface area contributed by atoms with E-state index in [1.54, 1.807) is 6.07 Å². The number of carbonyl (C=O) groups excluding carboxylic acids is 1. The second-order valence-corrected chi connectivity index (χ2v) is 5.60. The lowest BCUT2D eigenvalue weighted by molar-refractivity contribution is 0.0600. The molecule has 1 heterocycles. The van der Waals surface area contributed by atoms with Crippen LogP contribution in [0.25, 0.3) is 0 Å². The summed E-state index contributed by atoms with van der Waals surface area (Å²) in [6, 6.07) is 11.9. The lowest BCUT2D eigenvalue weighted by Crippen LogP contribution is -2.18. The van der Waals surface area contributed by atoms with Crippen LogP contribution in [0.3, 0.4) is 0 Å². The maximum Gasteiger partial charge on any atom is 0.339 e. The Bertz CT molecular complexity index is 614. The van der Waals surface area contributed by atoms with E-state index in [1.807, 2.05) is 18.2 Å². The van der Waals surface area contributed by atoms with Crippen LogP contribution in [0.15, 0.2) is 47.1 Å². The standard InChI is InChI=1S/C16H17BrN2O2/c1-11(12-4-3-5-14(17)8-12)18-10-15-7-6-13(9-19-15)16(20)21-2/h3-9,11,18H,10H2,1-2H3. The number of esters is 1. The number of hydrogen-bond donors (Lipinski definition) is 1. The molecular formula is C16H17BrN2O2. The average molecular weight is 349 g/mol. The van der Waals surface area contributed by atoms with E-state index in [-0.39, 0.29) is 12.0 Å². The Kier molecular flexibility index (Phi) is 5.47. The minimum absolute atomic E-state index is 0.213. The van der Waals surface area contributed by atoms with Gasteiger partial charge in [-0.25, -0.2) is 4.79 Å². The maximum atomic E-state index is 11.3. The Hall–Kier alpha value is -1.72. The predicted molar refractivity (Wildman–Crippen MR) is 85.0 cm³/mol. The van der Waals surface area contributed by atoms with Crippen molar-refractivity contribution in [2.24, 2.45) is 0 Å². The van der Waals surface area contributed by atoms with Gasteiger partial charge in [0.2, 0.25) is 0 Å². The van der Waals surface area contributed by atoms with E-state index in [0.29, 0.717) is 12.1 Å². The Labute approximate surface area is 132 Å². The number of aromatic nitrogens is 1. The number of ether oxygens (including phenoxy) is 1. The number of nitrogens with one attached hydrogen (secondary N) is 1. The van der Waals surface area contributed by atoms with E-state index < -0.39 is 0 Å². The molecule has 0 aliphatic rings. The molecule has 0 bridgehead atoms. The average Bonchev–Trinajstić information content (AvgIpc) is 2.52. The van der Waals surface area contributed by atoms with Gasteiger partial charge in [0.25, 0.3) is 0 Å². The molecule has 21 heavy (non-hydrogen) atoms. The number of methoxy groups -OCH3 is 1. The largest absolute Gasteiger partial charge is 0.465 e. The fourth-order valence-electron chi connectivity index (χ4n) is 1.92. The van der Waals surface area contributed by atoms with E-state index in [2.05, 4.69) is 50.0 Å². The van der Waals surface area contributed by atoms with Crippen molar-refractivity contribution < 1.29 is 9.53 Å². The predicted octanol–water partition coefficient (Wildman–Crippen LogP) is 3.48. The van der Waals surface area contributed by atoms with Crippen molar-refractivity contribution in [1.82, 2.24) is 10.3 Å². The summed E-state index contributed by atoms with van der Waals surface area (Å²) in [7, 11) is 1.36. The molecule has 1 N–H and O–H groups in total. The summed E-state index contributed by atoms with van der Waals surface area (Å²) in [6.07, 6.45) is 1.53. The van der Waals surface area contributed by atoms with Crippen molar-refractivity contribution in [3.8, 4) is 0 Å². The molecule has 4 nitrogen and oxygen atoms in total. The summed E-state index contributed by atoms with van der Waals surface area (Å²) in [5.74, 6) is -0.371. The van der Waals surface area contributed by atoms with Crippen LogP contribution in [0.5, 0.6) is 0 Å². The van der Waals surface area contributed by atoms with Crippen molar-refractivity contribution in [3.05, 3.63) is 63.9 Å². The zero-order valence-corrected chi connectivity index (χ0v) is 13.6. The molecule has 1 aromatic carbocycles. The molecule has 1 unspecified atom stereocenters. The third kappa shape index (κ3) is 4.37. The highest BCUT2D eigenvalue weighted by Crippen LogP contribution is 2.18. The number of rotatable bonds is 5. The van der Waals surface area contributed by atoms with Gasteiger partial charge >= 0.3 is 5.97 Å². The third-order valence-electron chi connectivity index (χ3n) is 3.18. The third-order valence-corrected chi connectivity index (χ3v) is 3.68. The summed E-state index contributed by atoms with van der Waals surface area (Å²) in [5, 5.41) is 3.41. The maximum absolute atomic E-state index is 11.3. The number of carbonyl (C=O) groups is 1. The van der Waals surface area contributed by atoms with Crippen LogP contribution in [0, 0.1) is 0 Å². The van der Waals surface area contributed by atoms with Crippen LogP contribution in [0.4, 0.5) is 0 Å². The molecule has 1 aromatic heterocycles. The molecule has 5 heteroatoms. The molecule has 110 valence electrons. The number of pyridine rings is 1. The van der Waals surface area contributed by atoms with E-state index in [9.17, 15) is 4.79 Å². The van der Waals surface area contributed by atoms with Crippen molar-refractivity contribution in [1.29, 1.82) is 0 Å². The lowest BCUT2D eigenvalue weighted by atomic mass is 10.1. The molecule has 0 amide bonds. The number of halogens is 1. The van der Waals surface area contributed by atoms with Crippen LogP contribution in [0.1, 0.15) is 34.6 Å². The number of hydrogen-bond acceptors (Lipinski definition) is 4. The van der Waals surface area contributed by atoms with Gasteiger partial charge in [-0.15, -0.1) is 0 Å². The normalized spacial score (nSPS) is 12.0. The van der Waals surface area contributed by atoms with E-state index >= 15 is 0 Å². The Balaban J connectivity index is 1.95. The Morgan fingerprint density at radius 2 is 2.19 bits per heavy atom. The summed E-state index contributed by atoms with van der Waals surface area (Å²) in [4.78, 5) is 15.6. The van der Waals surface area contributed by atoms with Crippen molar-refractivity contribution in [2.45, 2.75) is 19.5 Å². The second-order valence-electron chi connectivity index (χ2n) is 4.69. The zero-order chi connectivity index (χ0) is 15.2. The summed E-state index contributed by atoms with van der Waals surface area (Å²) in [6.45, 7) is 2.74. The van der Waals surface area contributed by atoms with Crippen molar-refractivity contribution in [3.63, 3.8) is 0 Å². The monoisotopic (exact) mass is 348 g/mol. The molecule has 0 aliphatic heterocycles. The summed E-state index contributed by atoms with van der Waals surface area (Å²) >= 11 is 3.47. The molecule has 0 saturated carbocycles. The Morgan fingerprint density at radius 1 is 1.38 bits per heavy atom. The molecule has 1 atom stereocenters. The first-order valence-electron chi connectivity index (χ1n) is 6.62. The van der Waals surface area contributed by atoms with Gasteiger partial charge in [-0.3, -0.25) is 4.98 Å². The van der Waals surface area contributed by atoms with Crippen LogP contribution in [-0.4, -0.2) is 18.1 Å². The fraction of sp³-hybridized carbons (Fsp3) is 0.250. The van der Waals surface area contributed by atoms with Gasteiger partial charge in [0, 0.05) is 23.3 Å². The SMILES string of the molecule is COC(=O)c1ccc(CNC(C)c2cccc(Br)c2)nc1. The molecule has 0 aliphatic carbocycles. The van der Waals surface area contributed by atoms with E-state index in [0.717, 1.165) is 10.2 Å². The van der Waals surface area contributed by atoms with Crippen LogP contribution in [-0.2, 0) is 11.3 Å². The fourth-order valence-corrected chi connectivity index (χ4v) is 2.34. The van der Waals surface area contributed by atoms with E-state index in [4.69, 9.17) is 0 Å². The van der Waals surface area contributed by atoms with Gasteiger partial charge in [-0.2, -0.15) is 0 Å². The van der Waals surface area contributed by atoms with Gasteiger partial charge in [0.1, 0.15) is 0 Å². The lowest BCUT2D eigenvalue weighted by Gasteiger charge is -2.14. The first kappa shape index (κ1) is 15.7. The molecule has 0 spiro atoms. The number of nitrogens with zero attached hydrogens (tertiary/aromatic N) is 1. The smallest absolute Gasteiger partial charge is 0.339 e. The van der Waals surface area contributed by atoms with Gasteiger partial charge in [0.05, 0.1) is 18.4 Å². The van der Waals surface area contributed by atoms with Gasteiger partial charge in [0.15, 0.2) is 0 Å². The molecule has 0 saturated heterocycles. The topological polar surface area (TPSA) is 51.2 Å². The van der Waals surface area contributed by atoms with Crippen molar-refractivity contribution >= 4 is 21.9 Å². The highest BCUT2D eigenvalue weighted by atomic mass is 79.9. The Morgan fingerprint density at radius 3 is 2.81 bits per heavy atom. The number of benzene rings is 1. The van der Waals surface area contributed by atoms with Crippen molar-refractivity contribution in [2.75, 3.05) is 7.11 Å². The van der Waals surface area contributed by atoms with E-state index in [1.165, 1.54) is 18.9 Å². The van der Waals surface area contributed by atoms with Crippen LogP contribution in [0.2, 0.25) is 0 Å².